The number of ether oxygens (including phenoxy) is 1. The normalized spacial score (nSPS) is 16.2. The lowest BCUT2D eigenvalue weighted by atomic mass is 10.1. The smallest absolute Gasteiger partial charge is 0.410 e. The first-order chi connectivity index (χ1) is 9.92. The molecular weight excluding hydrogens is 262 g/mol. The maximum absolute atomic E-state index is 11.9. The van der Waals surface area contributed by atoms with E-state index in [-0.39, 0.29) is 6.09 Å². The Labute approximate surface area is 130 Å². The van der Waals surface area contributed by atoms with E-state index in [1.807, 2.05) is 20.8 Å². The number of rotatable bonds is 6. The maximum Gasteiger partial charge on any atom is 0.410 e. The number of amides is 1. The first-order valence-electron chi connectivity index (χ1n) is 8.26. The molecule has 1 aliphatic rings. The van der Waals surface area contributed by atoms with Crippen LogP contribution in [0.25, 0.3) is 0 Å². The molecule has 0 aliphatic carbocycles. The van der Waals surface area contributed by atoms with Gasteiger partial charge in [0.15, 0.2) is 0 Å². The van der Waals surface area contributed by atoms with Crippen LogP contribution in [0.2, 0.25) is 0 Å². The summed E-state index contributed by atoms with van der Waals surface area (Å²) in [7, 11) is 0. The summed E-state index contributed by atoms with van der Waals surface area (Å²) in [5, 5.41) is 0. The lowest BCUT2D eigenvalue weighted by molar-refractivity contribution is 0.0267. The zero-order valence-corrected chi connectivity index (χ0v) is 14.2. The van der Waals surface area contributed by atoms with Crippen molar-refractivity contribution in [3.05, 3.63) is 23.8 Å². The Morgan fingerprint density at radius 3 is 2.67 bits per heavy atom. The molecule has 0 atom stereocenters. The largest absolute Gasteiger partial charge is 0.444 e. The Kier molecular flexibility index (Phi) is 7.55. The van der Waals surface area contributed by atoms with E-state index in [0.717, 1.165) is 19.4 Å². The molecule has 0 bridgehead atoms. The van der Waals surface area contributed by atoms with Crippen molar-refractivity contribution in [2.45, 2.75) is 71.8 Å². The van der Waals surface area contributed by atoms with Crippen LogP contribution in [-0.2, 0) is 4.74 Å². The minimum atomic E-state index is -0.417. The first-order valence-corrected chi connectivity index (χ1v) is 8.26. The zero-order chi connectivity index (χ0) is 15.7. The highest BCUT2D eigenvalue weighted by Crippen LogP contribution is 2.16. The molecule has 0 aromatic heterocycles. The summed E-state index contributed by atoms with van der Waals surface area (Å²) in [6, 6.07) is 0. The SMILES string of the molecule is CCCCCC/C=C/C1=CCN(C(=O)OC(C)(C)C)CC1. The third-order valence-corrected chi connectivity index (χ3v) is 3.45. The molecule has 0 unspecified atom stereocenters. The molecule has 120 valence electrons. The van der Waals surface area contributed by atoms with Crippen molar-refractivity contribution in [3.63, 3.8) is 0 Å². The van der Waals surface area contributed by atoms with Crippen LogP contribution in [0, 0.1) is 0 Å². The van der Waals surface area contributed by atoms with E-state index in [1.165, 1.54) is 31.3 Å². The van der Waals surface area contributed by atoms with Gasteiger partial charge in [0.25, 0.3) is 0 Å². The predicted molar refractivity (Wildman–Crippen MR) is 88.4 cm³/mol. The van der Waals surface area contributed by atoms with Crippen molar-refractivity contribution in [2.75, 3.05) is 13.1 Å². The highest BCUT2D eigenvalue weighted by molar-refractivity contribution is 5.68. The van der Waals surface area contributed by atoms with Gasteiger partial charge in [-0.15, -0.1) is 0 Å². The molecule has 1 amide bonds. The predicted octanol–water partition coefficient (Wildman–Crippen LogP) is 5.08. The van der Waals surface area contributed by atoms with Crippen LogP contribution in [-0.4, -0.2) is 29.7 Å². The Morgan fingerprint density at radius 2 is 2.10 bits per heavy atom. The maximum atomic E-state index is 11.9. The molecule has 1 aliphatic heterocycles. The van der Waals surface area contributed by atoms with E-state index < -0.39 is 5.60 Å². The fraction of sp³-hybridized carbons (Fsp3) is 0.722. The third-order valence-electron chi connectivity index (χ3n) is 3.45. The molecule has 0 aromatic carbocycles. The monoisotopic (exact) mass is 293 g/mol. The second-order valence-electron chi connectivity index (χ2n) is 6.71. The van der Waals surface area contributed by atoms with E-state index >= 15 is 0 Å². The number of hydrogen-bond donors (Lipinski definition) is 0. The Bertz CT molecular complexity index is 377. The number of hydrogen-bond acceptors (Lipinski definition) is 2. The number of carbonyl (C=O) groups is 1. The fourth-order valence-corrected chi connectivity index (χ4v) is 2.25. The summed E-state index contributed by atoms with van der Waals surface area (Å²) in [5.41, 5.74) is 0.921. The van der Waals surface area contributed by atoms with Crippen LogP contribution in [0.1, 0.15) is 66.2 Å². The minimum Gasteiger partial charge on any atom is -0.444 e. The lowest BCUT2D eigenvalue weighted by Gasteiger charge is -2.29. The van der Waals surface area contributed by atoms with Gasteiger partial charge in [-0.1, -0.05) is 44.4 Å². The average molecular weight is 293 g/mol. The summed E-state index contributed by atoms with van der Waals surface area (Å²) in [6.45, 7) is 9.34. The molecule has 0 radical (unpaired) electrons. The number of carbonyl (C=O) groups excluding carboxylic acids is 1. The Balaban J connectivity index is 2.30. The molecule has 0 aromatic rings. The van der Waals surface area contributed by atoms with Gasteiger partial charge in [-0.25, -0.2) is 4.79 Å². The van der Waals surface area contributed by atoms with Gasteiger partial charge in [-0.2, -0.15) is 0 Å². The number of unbranched alkanes of at least 4 members (excludes halogenated alkanes) is 4. The van der Waals surface area contributed by atoms with Crippen LogP contribution in [0.15, 0.2) is 23.8 Å². The van der Waals surface area contributed by atoms with E-state index in [0.29, 0.717) is 6.54 Å². The Morgan fingerprint density at radius 1 is 1.33 bits per heavy atom. The van der Waals surface area contributed by atoms with E-state index in [1.54, 1.807) is 4.90 Å². The van der Waals surface area contributed by atoms with Gasteiger partial charge in [0, 0.05) is 13.1 Å². The van der Waals surface area contributed by atoms with Crippen molar-refractivity contribution in [1.82, 2.24) is 4.90 Å². The van der Waals surface area contributed by atoms with Crippen molar-refractivity contribution in [2.24, 2.45) is 0 Å². The molecule has 1 heterocycles. The molecule has 0 spiro atoms. The molecule has 0 fully saturated rings. The van der Waals surface area contributed by atoms with Gasteiger partial charge >= 0.3 is 6.09 Å². The lowest BCUT2D eigenvalue weighted by Crippen LogP contribution is -2.39. The molecule has 3 nitrogen and oxygen atoms in total. The van der Waals surface area contributed by atoms with E-state index in [4.69, 9.17) is 4.74 Å². The van der Waals surface area contributed by atoms with Crippen LogP contribution in [0.5, 0.6) is 0 Å². The third kappa shape index (κ3) is 7.93. The van der Waals surface area contributed by atoms with Crippen LogP contribution in [0.3, 0.4) is 0 Å². The quantitative estimate of drug-likeness (QED) is 0.639. The van der Waals surface area contributed by atoms with Crippen LogP contribution >= 0.6 is 0 Å². The molecule has 0 N–H and O–H groups in total. The van der Waals surface area contributed by atoms with Gasteiger partial charge in [0.1, 0.15) is 5.60 Å². The highest BCUT2D eigenvalue weighted by Gasteiger charge is 2.22. The second kappa shape index (κ2) is 8.91. The molecule has 0 saturated heterocycles. The summed E-state index contributed by atoms with van der Waals surface area (Å²) in [6.07, 6.45) is 13.7. The zero-order valence-electron chi connectivity index (χ0n) is 14.2. The van der Waals surface area contributed by atoms with Crippen LogP contribution in [0.4, 0.5) is 4.79 Å². The molecule has 3 heteroatoms. The average Bonchev–Trinajstić information content (AvgIpc) is 2.41. The first kappa shape index (κ1) is 17.8. The van der Waals surface area contributed by atoms with Crippen LogP contribution < -0.4 is 0 Å². The summed E-state index contributed by atoms with van der Waals surface area (Å²) in [4.78, 5) is 13.7. The topological polar surface area (TPSA) is 29.5 Å². The van der Waals surface area contributed by atoms with Gasteiger partial charge in [-0.05, 0) is 45.6 Å². The van der Waals surface area contributed by atoms with Crippen molar-refractivity contribution in [3.8, 4) is 0 Å². The number of nitrogens with zero attached hydrogens (tertiary/aromatic N) is 1. The Hall–Kier alpha value is -1.25. The minimum absolute atomic E-state index is 0.207. The van der Waals surface area contributed by atoms with Crippen molar-refractivity contribution < 1.29 is 9.53 Å². The highest BCUT2D eigenvalue weighted by atomic mass is 16.6. The second-order valence-corrected chi connectivity index (χ2v) is 6.71. The fourth-order valence-electron chi connectivity index (χ4n) is 2.25. The molecule has 0 saturated carbocycles. The van der Waals surface area contributed by atoms with Gasteiger partial charge in [0.2, 0.25) is 0 Å². The summed E-state index contributed by atoms with van der Waals surface area (Å²) >= 11 is 0. The standard InChI is InChI=1S/C18H31NO2/c1-5-6-7-8-9-10-11-16-12-14-19(15-13-16)17(20)21-18(2,3)4/h10-12H,5-9,13-15H2,1-4H3/b11-10+. The summed E-state index contributed by atoms with van der Waals surface area (Å²) < 4.78 is 5.39. The molecule has 1 rings (SSSR count). The molecular formula is C18H31NO2. The van der Waals surface area contributed by atoms with E-state index in [2.05, 4.69) is 25.2 Å². The van der Waals surface area contributed by atoms with Gasteiger partial charge < -0.3 is 9.64 Å². The van der Waals surface area contributed by atoms with E-state index in [9.17, 15) is 4.79 Å². The summed E-state index contributed by atoms with van der Waals surface area (Å²) in [5.74, 6) is 0. The van der Waals surface area contributed by atoms with Gasteiger partial charge in [-0.3, -0.25) is 0 Å². The van der Waals surface area contributed by atoms with Gasteiger partial charge in [0.05, 0.1) is 0 Å². The van der Waals surface area contributed by atoms with Crippen molar-refractivity contribution >= 4 is 6.09 Å². The molecule has 21 heavy (non-hydrogen) atoms. The number of allylic oxidation sites excluding steroid dienone is 2. The van der Waals surface area contributed by atoms with Crippen molar-refractivity contribution in [1.29, 1.82) is 0 Å².